The molecule has 0 saturated heterocycles. The number of fused-ring (bicyclic) bond motifs is 3. The molecule has 0 spiro atoms. The maximum Gasteiger partial charge on any atom is 0.290 e. The van der Waals surface area contributed by atoms with Gasteiger partial charge in [0.15, 0.2) is 0 Å². The Morgan fingerprint density at radius 3 is 3.05 bits per heavy atom. The minimum atomic E-state index is -0.189. The Bertz CT molecular complexity index is 667. The first kappa shape index (κ1) is 14.2. The van der Waals surface area contributed by atoms with Crippen molar-refractivity contribution in [3.05, 3.63) is 35.6 Å². The summed E-state index contributed by atoms with van der Waals surface area (Å²) in [5, 5.41) is 6.97. The number of carbonyl (C=O) groups excluding carboxylic acids is 1. The number of carbonyl (C=O) groups is 1. The highest BCUT2D eigenvalue weighted by atomic mass is 32.2. The highest BCUT2D eigenvalue weighted by Crippen LogP contribution is 2.41. The Balaban J connectivity index is 1.81. The lowest BCUT2D eigenvalue weighted by molar-refractivity contribution is 0.0913. The molecule has 1 aromatic heterocycles. The lowest BCUT2D eigenvalue weighted by atomic mass is 10.1. The molecule has 3 rings (SSSR count). The minimum Gasteiger partial charge on any atom is -0.350 e. The summed E-state index contributed by atoms with van der Waals surface area (Å²) in [4.78, 5) is 15.4. The predicted octanol–water partition coefficient (Wildman–Crippen LogP) is 2.24. The molecular formula is C15H17N3O2S. The molecule has 6 heteroatoms. The lowest BCUT2D eigenvalue weighted by Crippen LogP contribution is -2.31. The number of hydrogen-bond donors (Lipinski definition) is 1. The van der Waals surface area contributed by atoms with E-state index in [1.807, 2.05) is 37.2 Å². The third-order valence-corrected chi connectivity index (χ3v) is 4.45. The number of nitrogens with zero attached hydrogens (tertiary/aromatic N) is 2. The van der Waals surface area contributed by atoms with Crippen molar-refractivity contribution in [1.29, 1.82) is 0 Å². The zero-order chi connectivity index (χ0) is 14.8. The van der Waals surface area contributed by atoms with Gasteiger partial charge in [-0.2, -0.15) is 0 Å². The van der Waals surface area contributed by atoms with Crippen molar-refractivity contribution in [3.8, 4) is 11.3 Å². The molecule has 0 atom stereocenters. The largest absolute Gasteiger partial charge is 0.350 e. The molecule has 2 aromatic rings. The number of nitrogens with one attached hydrogen (secondary N) is 1. The van der Waals surface area contributed by atoms with Crippen LogP contribution < -0.4 is 5.32 Å². The standard InChI is InChI=1S/C15H17N3O2S/c1-18(2)8-7-16-15(19)14-11-9-21-12-6-4-3-5-10(12)13(11)17-20-14/h3-6H,7-9H2,1-2H3,(H,16,19). The van der Waals surface area contributed by atoms with E-state index in [0.717, 1.165) is 23.4 Å². The molecule has 0 aliphatic carbocycles. The molecule has 21 heavy (non-hydrogen) atoms. The van der Waals surface area contributed by atoms with Gasteiger partial charge in [0.25, 0.3) is 5.91 Å². The Labute approximate surface area is 127 Å². The van der Waals surface area contributed by atoms with Crippen LogP contribution in [0.15, 0.2) is 33.7 Å². The molecule has 1 aromatic carbocycles. The maximum atomic E-state index is 12.2. The molecule has 0 saturated carbocycles. The highest BCUT2D eigenvalue weighted by molar-refractivity contribution is 7.98. The van der Waals surface area contributed by atoms with Crippen LogP contribution >= 0.6 is 11.8 Å². The Morgan fingerprint density at radius 1 is 1.43 bits per heavy atom. The van der Waals surface area contributed by atoms with Gasteiger partial charge in [0.2, 0.25) is 5.76 Å². The van der Waals surface area contributed by atoms with Gasteiger partial charge in [-0.25, -0.2) is 0 Å². The van der Waals surface area contributed by atoms with Crippen LogP contribution in [0.4, 0.5) is 0 Å². The van der Waals surface area contributed by atoms with Crippen LogP contribution in [0.3, 0.4) is 0 Å². The number of likely N-dealkylation sites (N-methyl/N-ethyl adjacent to an activating group) is 1. The van der Waals surface area contributed by atoms with Gasteiger partial charge < -0.3 is 14.7 Å². The quantitative estimate of drug-likeness (QED) is 0.938. The molecule has 2 heterocycles. The van der Waals surface area contributed by atoms with E-state index >= 15 is 0 Å². The molecule has 0 radical (unpaired) electrons. The van der Waals surface area contributed by atoms with Crippen molar-refractivity contribution in [3.63, 3.8) is 0 Å². The number of aromatic nitrogens is 1. The Kier molecular flexibility index (Phi) is 3.98. The van der Waals surface area contributed by atoms with E-state index in [4.69, 9.17) is 4.52 Å². The minimum absolute atomic E-state index is 0.189. The van der Waals surface area contributed by atoms with Crippen LogP contribution in [0.5, 0.6) is 0 Å². The SMILES string of the molecule is CN(C)CCNC(=O)c1onc2c1CSc1ccccc1-2. The van der Waals surface area contributed by atoms with Crippen LogP contribution in [0.1, 0.15) is 16.1 Å². The van der Waals surface area contributed by atoms with E-state index in [2.05, 4.69) is 16.5 Å². The molecule has 1 amide bonds. The number of amides is 1. The second kappa shape index (κ2) is 5.91. The zero-order valence-corrected chi connectivity index (χ0v) is 12.9. The molecular weight excluding hydrogens is 286 g/mol. The molecule has 0 unspecified atom stereocenters. The summed E-state index contributed by atoms with van der Waals surface area (Å²) in [6.45, 7) is 1.38. The van der Waals surface area contributed by atoms with Gasteiger partial charge in [0.05, 0.1) is 0 Å². The number of benzene rings is 1. The van der Waals surface area contributed by atoms with Crippen LogP contribution in [-0.4, -0.2) is 43.1 Å². The molecule has 1 N–H and O–H groups in total. The van der Waals surface area contributed by atoms with Gasteiger partial charge in [-0.05, 0) is 20.2 Å². The predicted molar refractivity (Wildman–Crippen MR) is 82.4 cm³/mol. The van der Waals surface area contributed by atoms with Crippen LogP contribution in [0.25, 0.3) is 11.3 Å². The van der Waals surface area contributed by atoms with Crippen molar-refractivity contribution in [2.45, 2.75) is 10.6 Å². The number of hydrogen-bond acceptors (Lipinski definition) is 5. The van der Waals surface area contributed by atoms with Crippen molar-refractivity contribution >= 4 is 17.7 Å². The summed E-state index contributed by atoms with van der Waals surface area (Å²) in [7, 11) is 3.94. The third kappa shape index (κ3) is 2.82. The van der Waals surface area contributed by atoms with E-state index in [1.54, 1.807) is 11.8 Å². The van der Waals surface area contributed by atoms with Crippen LogP contribution in [0, 0.1) is 0 Å². The van der Waals surface area contributed by atoms with Gasteiger partial charge in [-0.3, -0.25) is 4.79 Å². The molecule has 1 aliphatic heterocycles. The summed E-state index contributed by atoms with van der Waals surface area (Å²) in [6, 6.07) is 8.05. The van der Waals surface area contributed by atoms with Gasteiger partial charge in [-0.15, -0.1) is 11.8 Å². The Morgan fingerprint density at radius 2 is 2.24 bits per heavy atom. The summed E-state index contributed by atoms with van der Waals surface area (Å²) in [5.74, 6) is 0.864. The molecule has 0 fully saturated rings. The van der Waals surface area contributed by atoms with Crippen molar-refractivity contribution in [2.75, 3.05) is 27.2 Å². The summed E-state index contributed by atoms with van der Waals surface area (Å²) in [6.07, 6.45) is 0. The second-order valence-corrected chi connectivity index (χ2v) is 6.20. The Hall–Kier alpha value is -1.79. The van der Waals surface area contributed by atoms with Gasteiger partial charge >= 0.3 is 0 Å². The van der Waals surface area contributed by atoms with E-state index in [-0.39, 0.29) is 5.91 Å². The van der Waals surface area contributed by atoms with E-state index in [0.29, 0.717) is 18.1 Å². The topological polar surface area (TPSA) is 58.4 Å². The first-order chi connectivity index (χ1) is 10.2. The summed E-state index contributed by atoms with van der Waals surface area (Å²) in [5.41, 5.74) is 2.73. The fourth-order valence-electron chi connectivity index (χ4n) is 2.24. The van der Waals surface area contributed by atoms with Crippen LogP contribution in [-0.2, 0) is 5.75 Å². The fourth-order valence-corrected chi connectivity index (χ4v) is 3.31. The van der Waals surface area contributed by atoms with Crippen LogP contribution in [0.2, 0.25) is 0 Å². The van der Waals surface area contributed by atoms with E-state index in [1.165, 1.54) is 4.90 Å². The lowest BCUT2D eigenvalue weighted by Gasteiger charge is -2.14. The summed E-state index contributed by atoms with van der Waals surface area (Å²) < 4.78 is 5.30. The normalized spacial score (nSPS) is 12.9. The first-order valence-corrected chi connectivity index (χ1v) is 7.79. The van der Waals surface area contributed by atoms with Gasteiger partial charge in [0.1, 0.15) is 5.69 Å². The van der Waals surface area contributed by atoms with Crippen molar-refractivity contribution in [1.82, 2.24) is 15.4 Å². The van der Waals surface area contributed by atoms with Gasteiger partial charge in [-0.1, -0.05) is 23.4 Å². The molecule has 1 aliphatic rings. The highest BCUT2D eigenvalue weighted by Gasteiger charge is 2.27. The van der Waals surface area contributed by atoms with Crippen molar-refractivity contribution < 1.29 is 9.32 Å². The monoisotopic (exact) mass is 303 g/mol. The average molecular weight is 303 g/mol. The van der Waals surface area contributed by atoms with E-state index < -0.39 is 0 Å². The molecule has 5 nitrogen and oxygen atoms in total. The first-order valence-electron chi connectivity index (χ1n) is 6.80. The molecule has 0 bridgehead atoms. The molecule has 110 valence electrons. The maximum absolute atomic E-state index is 12.2. The van der Waals surface area contributed by atoms with Crippen molar-refractivity contribution in [2.24, 2.45) is 0 Å². The zero-order valence-electron chi connectivity index (χ0n) is 12.0. The third-order valence-electron chi connectivity index (χ3n) is 3.35. The smallest absolute Gasteiger partial charge is 0.290 e. The fraction of sp³-hybridized carbons (Fsp3) is 0.333. The number of rotatable bonds is 4. The average Bonchev–Trinajstić information content (AvgIpc) is 2.91. The second-order valence-electron chi connectivity index (χ2n) is 5.18. The number of thioether (sulfide) groups is 1. The van der Waals surface area contributed by atoms with E-state index in [9.17, 15) is 4.79 Å². The van der Waals surface area contributed by atoms with Gasteiger partial charge in [0, 0.05) is 34.9 Å². The summed E-state index contributed by atoms with van der Waals surface area (Å²) >= 11 is 1.71.